The van der Waals surface area contributed by atoms with Gasteiger partial charge >= 0.3 is 35.8 Å². The Hall–Kier alpha value is -8.42. The molecule has 0 spiro atoms. The summed E-state index contributed by atoms with van der Waals surface area (Å²) in [4.78, 5) is 74.8. The summed E-state index contributed by atoms with van der Waals surface area (Å²) in [6.07, 6.45) is 0.772. The minimum Gasteiger partial charge on any atom is -0.491 e. The quantitative estimate of drug-likeness (QED) is 0.0157. The molecule has 2 atom stereocenters. The van der Waals surface area contributed by atoms with E-state index >= 15 is 0 Å². The largest absolute Gasteiger partial charge is 0.491 e. The van der Waals surface area contributed by atoms with Crippen molar-refractivity contribution in [3.8, 4) is 45.3 Å². The van der Waals surface area contributed by atoms with Gasteiger partial charge in [-0.05, 0) is 146 Å². The molecule has 0 radical (unpaired) electrons. The van der Waals surface area contributed by atoms with Crippen molar-refractivity contribution in [1.29, 1.82) is 0 Å². The third-order valence-electron chi connectivity index (χ3n) is 12.3. The van der Waals surface area contributed by atoms with E-state index in [-0.39, 0.29) is 71.2 Å². The van der Waals surface area contributed by atoms with Crippen molar-refractivity contribution in [2.24, 2.45) is 11.8 Å². The highest BCUT2D eigenvalue weighted by Crippen LogP contribution is 2.26. The fourth-order valence-electron chi connectivity index (χ4n) is 7.86. The third-order valence-corrected chi connectivity index (χ3v) is 12.3. The van der Waals surface area contributed by atoms with Crippen LogP contribution in [0.15, 0.2) is 146 Å². The van der Waals surface area contributed by atoms with Gasteiger partial charge in [0.1, 0.15) is 49.4 Å². The molecule has 0 aliphatic heterocycles. The zero-order chi connectivity index (χ0) is 58.3. The molecule has 6 aromatic rings. The Morgan fingerprint density at radius 3 is 0.976 bits per heavy atom. The van der Waals surface area contributed by atoms with Crippen LogP contribution in [0.25, 0.3) is 22.3 Å². The molecule has 2 unspecified atom stereocenters. The Balaban J connectivity index is 0.720. The van der Waals surface area contributed by atoms with Gasteiger partial charge in [-0.3, -0.25) is 9.59 Å². The van der Waals surface area contributed by atoms with Crippen LogP contribution in [0, 0.1) is 11.8 Å². The number of esters is 6. The van der Waals surface area contributed by atoms with Crippen molar-refractivity contribution < 1.29 is 85.6 Å². The summed E-state index contributed by atoms with van der Waals surface area (Å²) >= 11 is 0. The molecule has 0 aliphatic rings. The molecular formula is C64H70O18. The second-order valence-electron chi connectivity index (χ2n) is 18.2. The van der Waals surface area contributed by atoms with Crippen LogP contribution in [0.3, 0.4) is 0 Å². The van der Waals surface area contributed by atoms with Gasteiger partial charge in [0.2, 0.25) is 0 Å². The Kier molecular flexibility index (Phi) is 26.5. The maximum Gasteiger partial charge on any atom is 0.343 e. The number of ether oxygens (including phenoxy) is 12. The highest BCUT2D eigenvalue weighted by atomic mass is 16.6. The molecule has 82 heavy (non-hydrogen) atoms. The van der Waals surface area contributed by atoms with Gasteiger partial charge in [0.15, 0.2) is 0 Å². The van der Waals surface area contributed by atoms with E-state index in [0.29, 0.717) is 91.3 Å². The molecule has 0 aliphatic carbocycles. The number of rotatable bonds is 35. The summed E-state index contributed by atoms with van der Waals surface area (Å²) in [5.41, 5.74) is 5.26. The van der Waals surface area contributed by atoms with Crippen LogP contribution < -0.4 is 18.9 Å². The second-order valence-corrected chi connectivity index (χ2v) is 18.2. The second kappa shape index (κ2) is 34.7. The lowest BCUT2D eigenvalue weighted by Crippen LogP contribution is -2.26. The van der Waals surface area contributed by atoms with Crippen LogP contribution in [-0.4, -0.2) is 128 Å². The Morgan fingerprint density at radius 2 is 0.622 bits per heavy atom. The van der Waals surface area contributed by atoms with Crippen LogP contribution in [0.2, 0.25) is 0 Å². The Bertz CT molecular complexity index is 2900. The van der Waals surface area contributed by atoms with E-state index in [4.69, 9.17) is 56.8 Å². The number of carbonyl (C=O) groups is 6. The van der Waals surface area contributed by atoms with E-state index in [0.717, 1.165) is 22.3 Å². The first-order valence-corrected chi connectivity index (χ1v) is 27.2. The summed E-state index contributed by atoms with van der Waals surface area (Å²) in [6, 6.07) is 41.5. The molecular weight excluding hydrogens is 1060 g/mol. The molecule has 18 nitrogen and oxygen atoms in total. The molecule has 434 valence electrons. The molecule has 0 saturated heterocycles. The zero-order valence-electron chi connectivity index (χ0n) is 46.7. The lowest BCUT2D eigenvalue weighted by atomic mass is 9.94. The number of hydrogen-bond donors (Lipinski definition) is 0. The highest BCUT2D eigenvalue weighted by molar-refractivity contribution is 5.93. The topological polar surface area (TPSA) is 213 Å². The molecule has 0 saturated carbocycles. The van der Waals surface area contributed by atoms with E-state index in [1.165, 1.54) is 0 Å². The fourth-order valence-corrected chi connectivity index (χ4v) is 7.86. The Labute approximate surface area is 477 Å². The van der Waals surface area contributed by atoms with E-state index < -0.39 is 35.7 Å². The van der Waals surface area contributed by atoms with Gasteiger partial charge in [-0.25, -0.2) is 19.2 Å². The standard InChI is InChI=1S/C64H70O18/c1-5-46(60(66)80-43-39-74-35-33-72-37-41-78-56-26-22-54(23-27-56)64(70)82-58-30-18-50(19-31-58)48-10-14-52(15-11-48)62(68)76-7-3)44-45(4)59(65)79-42-38-73-34-32-71-36-40-77-55-24-20-53(21-25-55)63(69)81-57-28-16-49(17-29-57)47-8-12-51(13-9-47)61(67)75-6-2/h8-31,45-46H,5-7,32-44H2,1-4H3. The zero-order valence-corrected chi connectivity index (χ0v) is 46.7. The van der Waals surface area contributed by atoms with E-state index in [9.17, 15) is 28.8 Å². The first kappa shape index (κ1) is 62.8. The van der Waals surface area contributed by atoms with Crippen molar-refractivity contribution >= 4 is 35.8 Å². The maximum absolute atomic E-state index is 12.8. The maximum atomic E-state index is 12.8. The van der Waals surface area contributed by atoms with Crippen LogP contribution in [0.4, 0.5) is 0 Å². The van der Waals surface area contributed by atoms with Gasteiger partial charge in [0.05, 0.1) is 100 Å². The van der Waals surface area contributed by atoms with Crippen molar-refractivity contribution in [2.75, 3.05) is 92.5 Å². The van der Waals surface area contributed by atoms with Gasteiger partial charge in [-0.15, -0.1) is 0 Å². The summed E-state index contributed by atoms with van der Waals surface area (Å²) in [5, 5.41) is 0. The van der Waals surface area contributed by atoms with Crippen LogP contribution in [-0.2, 0) is 47.5 Å². The molecule has 0 amide bonds. The van der Waals surface area contributed by atoms with E-state index in [2.05, 4.69) is 0 Å². The van der Waals surface area contributed by atoms with Crippen molar-refractivity contribution in [3.63, 3.8) is 0 Å². The average molecular weight is 1130 g/mol. The first-order valence-electron chi connectivity index (χ1n) is 27.2. The van der Waals surface area contributed by atoms with E-state index in [1.54, 1.807) is 118 Å². The number of hydrogen-bond acceptors (Lipinski definition) is 18. The van der Waals surface area contributed by atoms with Gasteiger partial charge in [-0.2, -0.15) is 0 Å². The number of carbonyl (C=O) groups excluding carboxylic acids is 6. The predicted octanol–water partition coefficient (Wildman–Crippen LogP) is 10.5. The van der Waals surface area contributed by atoms with Crippen molar-refractivity contribution in [2.45, 2.75) is 40.5 Å². The first-order chi connectivity index (χ1) is 39.9. The molecule has 18 heteroatoms. The third kappa shape index (κ3) is 21.2. The minimum absolute atomic E-state index is 0.0561. The molecule has 6 aromatic carbocycles. The van der Waals surface area contributed by atoms with Gasteiger partial charge < -0.3 is 56.8 Å². The molecule has 6 rings (SSSR count). The molecule has 0 heterocycles. The highest BCUT2D eigenvalue weighted by Gasteiger charge is 2.25. The minimum atomic E-state index is -0.525. The molecule has 0 bridgehead atoms. The van der Waals surface area contributed by atoms with Crippen LogP contribution in [0.5, 0.6) is 23.0 Å². The monoisotopic (exact) mass is 1130 g/mol. The fraction of sp³-hybridized carbons (Fsp3) is 0.344. The average Bonchev–Trinajstić information content (AvgIpc) is 3.64. The lowest BCUT2D eigenvalue weighted by molar-refractivity contribution is -0.154. The van der Waals surface area contributed by atoms with Crippen LogP contribution in [0.1, 0.15) is 82.0 Å². The van der Waals surface area contributed by atoms with Crippen LogP contribution >= 0.6 is 0 Å². The normalized spacial score (nSPS) is 11.6. The Morgan fingerprint density at radius 1 is 0.329 bits per heavy atom. The van der Waals surface area contributed by atoms with Gasteiger partial charge in [0.25, 0.3) is 0 Å². The lowest BCUT2D eigenvalue weighted by Gasteiger charge is -2.18. The number of benzene rings is 6. The van der Waals surface area contributed by atoms with Gasteiger partial charge in [0, 0.05) is 0 Å². The summed E-state index contributed by atoms with van der Waals surface area (Å²) in [5.74, 6) is -1.71. The molecule has 0 fully saturated rings. The van der Waals surface area contributed by atoms with Crippen molar-refractivity contribution in [1.82, 2.24) is 0 Å². The summed E-state index contributed by atoms with van der Waals surface area (Å²) in [6.45, 7) is 10.5. The smallest absolute Gasteiger partial charge is 0.343 e. The summed E-state index contributed by atoms with van der Waals surface area (Å²) < 4.78 is 65.6. The van der Waals surface area contributed by atoms with Crippen molar-refractivity contribution in [3.05, 3.63) is 168 Å². The summed E-state index contributed by atoms with van der Waals surface area (Å²) in [7, 11) is 0. The molecule has 0 N–H and O–H groups in total. The molecule has 0 aromatic heterocycles. The van der Waals surface area contributed by atoms with E-state index in [1.807, 2.05) is 55.5 Å². The SMILES string of the molecule is CCOC(=O)c1ccc(-c2ccc(OC(=O)c3ccc(OCCOCCOCCOC(=O)C(C)CC(CC)C(=O)OCCOCCOCCOc4ccc(C(=O)Oc5ccc(-c6ccc(C(=O)OCC)cc6)cc5)cc4)cc3)cc2)cc1. The predicted molar refractivity (Wildman–Crippen MR) is 302 cm³/mol. The van der Waals surface area contributed by atoms with Gasteiger partial charge in [-0.1, -0.05) is 62.4 Å².